The number of aromatic nitrogens is 2. The van der Waals surface area contributed by atoms with Crippen molar-refractivity contribution >= 4 is 23.3 Å². The number of fused-ring (bicyclic) bond motifs is 1. The van der Waals surface area contributed by atoms with Gasteiger partial charge in [-0.3, -0.25) is 4.68 Å². The van der Waals surface area contributed by atoms with Crippen LogP contribution in [0, 0.1) is 16.7 Å². The van der Waals surface area contributed by atoms with E-state index in [0.29, 0.717) is 0 Å². The molecule has 28 heavy (non-hydrogen) atoms. The number of hydrogen-bond acceptors (Lipinski definition) is 5. The van der Waals surface area contributed by atoms with Crippen molar-refractivity contribution in [2.24, 2.45) is 7.05 Å². The molecule has 1 aliphatic rings. The number of hydrogen-bond donors (Lipinski definition) is 3. The van der Waals surface area contributed by atoms with Crippen molar-refractivity contribution in [1.82, 2.24) is 9.78 Å². The van der Waals surface area contributed by atoms with Gasteiger partial charge in [0.05, 0.1) is 29.6 Å². The molecule has 0 radical (unpaired) electrons. The van der Waals surface area contributed by atoms with E-state index in [9.17, 15) is 0 Å². The predicted molar refractivity (Wildman–Crippen MR) is 111 cm³/mol. The third-order valence-electron chi connectivity index (χ3n) is 5.12. The molecule has 2 aromatic carbocycles. The van der Waals surface area contributed by atoms with Crippen LogP contribution in [-0.4, -0.2) is 16.0 Å². The van der Waals surface area contributed by atoms with Crippen molar-refractivity contribution in [2.75, 3.05) is 10.6 Å². The first-order chi connectivity index (χ1) is 13.7. The SMILES string of the molecule is Cn1cc(Nc2cc(N[C@@H]3CCCc4cc(C#N)ccc43)ccc2C=N)cn1. The third-order valence-corrected chi connectivity index (χ3v) is 5.12. The van der Waals surface area contributed by atoms with Crippen LogP contribution in [-0.2, 0) is 13.5 Å². The highest BCUT2D eigenvalue weighted by Crippen LogP contribution is 2.34. The smallest absolute Gasteiger partial charge is 0.0991 e. The van der Waals surface area contributed by atoms with Crippen LogP contribution in [0.3, 0.4) is 0 Å². The number of anilines is 3. The van der Waals surface area contributed by atoms with E-state index in [1.54, 1.807) is 10.9 Å². The van der Waals surface area contributed by atoms with Gasteiger partial charge in [0.15, 0.2) is 0 Å². The van der Waals surface area contributed by atoms with Crippen LogP contribution in [0.4, 0.5) is 17.1 Å². The van der Waals surface area contributed by atoms with Gasteiger partial charge in [-0.2, -0.15) is 10.4 Å². The molecule has 6 nitrogen and oxygen atoms in total. The number of aryl methyl sites for hydroxylation is 2. The van der Waals surface area contributed by atoms with Crippen LogP contribution >= 0.6 is 0 Å². The van der Waals surface area contributed by atoms with E-state index in [1.807, 2.05) is 43.6 Å². The van der Waals surface area contributed by atoms with Crippen LogP contribution in [0.2, 0.25) is 0 Å². The van der Waals surface area contributed by atoms with Gasteiger partial charge in [0.25, 0.3) is 0 Å². The molecule has 0 aliphatic heterocycles. The number of rotatable bonds is 5. The first kappa shape index (κ1) is 17.8. The molecule has 0 spiro atoms. The molecule has 0 unspecified atom stereocenters. The summed E-state index contributed by atoms with van der Waals surface area (Å²) < 4.78 is 1.74. The van der Waals surface area contributed by atoms with Gasteiger partial charge < -0.3 is 16.0 Å². The largest absolute Gasteiger partial charge is 0.378 e. The Bertz CT molecular complexity index is 1060. The van der Waals surface area contributed by atoms with Gasteiger partial charge in [0, 0.05) is 36.4 Å². The highest BCUT2D eigenvalue weighted by molar-refractivity contribution is 5.88. The van der Waals surface area contributed by atoms with Crippen molar-refractivity contribution in [3.63, 3.8) is 0 Å². The van der Waals surface area contributed by atoms with Gasteiger partial charge in [0.1, 0.15) is 0 Å². The molecule has 6 heteroatoms. The molecular weight excluding hydrogens is 348 g/mol. The molecule has 1 atom stereocenters. The van der Waals surface area contributed by atoms with Gasteiger partial charge in [-0.1, -0.05) is 6.07 Å². The Hall–Kier alpha value is -3.59. The highest BCUT2D eigenvalue weighted by atomic mass is 15.3. The fourth-order valence-electron chi connectivity index (χ4n) is 3.76. The average Bonchev–Trinajstić information content (AvgIpc) is 3.12. The topological polar surface area (TPSA) is 89.5 Å². The van der Waals surface area contributed by atoms with Crippen LogP contribution in [0.15, 0.2) is 48.8 Å². The minimum absolute atomic E-state index is 0.216. The lowest BCUT2D eigenvalue weighted by Crippen LogP contribution is -2.17. The van der Waals surface area contributed by atoms with E-state index < -0.39 is 0 Å². The number of benzene rings is 2. The van der Waals surface area contributed by atoms with Gasteiger partial charge >= 0.3 is 0 Å². The summed E-state index contributed by atoms with van der Waals surface area (Å²) in [6.45, 7) is 0. The molecule has 1 aromatic heterocycles. The zero-order valence-corrected chi connectivity index (χ0v) is 15.7. The lowest BCUT2D eigenvalue weighted by Gasteiger charge is -2.27. The first-order valence-corrected chi connectivity index (χ1v) is 9.36. The Balaban J connectivity index is 1.60. The van der Waals surface area contributed by atoms with Gasteiger partial charge in [-0.05, 0) is 60.7 Å². The lowest BCUT2D eigenvalue weighted by molar-refractivity contribution is 0.600. The number of nitriles is 1. The minimum Gasteiger partial charge on any atom is -0.378 e. The summed E-state index contributed by atoms with van der Waals surface area (Å²) in [6.07, 6.45) is 8.18. The minimum atomic E-state index is 0.216. The summed E-state index contributed by atoms with van der Waals surface area (Å²) in [5, 5.41) is 28.0. The van der Waals surface area contributed by atoms with E-state index in [-0.39, 0.29) is 6.04 Å². The zero-order chi connectivity index (χ0) is 19.5. The van der Waals surface area contributed by atoms with E-state index in [2.05, 4.69) is 27.9 Å². The molecule has 1 aliphatic carbocycles. The third kappa shape index (κ3) is 3.60. The summed E-state index contributed by atoms with van der Waals surface area (Å²) >= 11 is 0. The van der Waals surface area contributed by atoms with Gasteiger partial charge in [0.2, 0.25) is 0 Å². The van der Waals surface area contributed by atoms with E-state index in [4.69, 9.17) is 10.7 Å². The Morgan fingerprint density at radius 3 is 2.89 bits per heavy atom. The average molecular weight is 370 g/mol. The molecule has 0 saturated carbocycles. The maximum Gasteiger partial charge on any atom is 0.0991 e. The van der Waals surface area contributed by atoms with Crippen LogP contribution in [0.5, 0.6) is 0 Å². The zero-order valence-electron chi connectivity index (χ0n) is 15.7. The summed E-state index contributed by atoms with van der Waals surface area (Å²) in [7, 11) is 1.87. The standard InChI is InChI=1S/C22H22N6/c1-28-14-19(13-25-28)27-22-10-18(7-6-17(22)12-24)26-21-4-2-3-16-9-15(11-23)5-8-20(16)21/h5-10,12-14,21,24,26-27H,2-4H2,1H3/t21-/m1/s1. The Labute approximate surface area is 164 Å². The second-order valence-electron chi connectivity index (χ2n) is 7.09. The molecule has 0 saturated heterocycles. The van der Waals surface area contributed by atoms with E-state index in [1.165, 1.54) is 17.3 Å². The van der Waals surface area contributed by atoms with Gasteiger partial charge in [-0.25, -0.2) is 0 Å². The fourth-order valence-corrected chi connectivity index (χ4v) is 3.76. The molecule has 4 rings (SSSR count). The highest BCUT2D eigenvalue weighted by Gasteiger charge is 2.20. The Kier molecular flexibility index (Phi) is 4.81. The fraction of sp³-hybridized carbons (Fsp3) is 0.227. The summed E-state index contributed by atoms with van der Waals surface area (Å²) in [4.78, 5) is 0. The first-order valence-electron chi connectivity index (χ1n) is 9.36. The normalized spacial score (nSPS) is 15.4. The van der Waals surface area contributed by atoms with Crippen molar-refractivity contribution in [1.29, 1.82) is 10.7 Å². The van der Waals surface area contributed by atoms with E-state index in [0.717, 1.165) is 47.5 Å². The molecular formula is C22H22N6. The quantitative estimate of drug-likeness (QED) is 0.576. The monoisotopic (exact) mass is 370 g/mol. The molecule has 1 heterocycles. The maximum atomic E-state index is 9.15. The predicted octanol–water partition coefficient (Wildman–Crippen LogP) is 4.52. The van der Waals surface area contributed by atoms with E-state index >= 15 is 0 Å². The molecule has 0 bridgehead atoms. The number of nitrogens with one attached hydrogen (secondary N) is 3. The second kappa shape index (κ2) is 7.57. The summed E-state index contributed by atoms with van der Waals surface area (Å²) in [6, 6.07) is 14.4. The molecule has 3 N–H and O–H groups in total. The van der Waals surface area contributed by atoms with Crippen molar-refractivity contribution in [2.45, 2.75) is 25.3 Å². The van der Waals surface area contributed by atoms with Crippen LogP contribution < -0.4 is 10.6 Å². The lowest BCUT2D eigenvalue weighted by atomic mass is 9.86. The maximum absolute atomic E-state index is 9.15. The Morgan fingerprint density at radius 1 is 1.25 bits per heavy atom. The van der Waals surface area contributed by atoms with Crippen molar-refractivity contribution < 1.29 is 0 Å². The Morgan fingerprint density at radius 2 is 2.14 bits per heavy atom. The molecule has 0 fully saturated rings. The number of nitrogens with zero attached hydrogens (tertiary/aromatic N) is 3. The second-order valence-corrected chi connectivity index (χ2v) is 7.09. The molecule has 0 amide bonds. The van der Waals surface area contributed by atoms with Crippen molar-refractivity contribution in [3.05, 3.63) is 71.0 Å². The molecule has 140 valence electrons. The molecule has 3 aromatic rings. The van der Waals surface area contributed by atoms with Crippen molar-refractivity contribution in [3.8, 4) is 6.07 Å². The van der Waals surface area contributed by atoms with Crippen LogP contribution in [0.25, 0.3) is 0 Å². The summed E-state index contributed by atoms with van der Waals surface area (Å²) in [5.74, 6) is 0. The van der Waals surface area contributed by atoms with Crippen LogP contribution in [0.1, 0.15) is 41.1 Å². The summed E-state index contributed by atoms with van der Waals surface area (Å²) in [5.41, 5.74) is 6.81. The van der Waals surface area contributed by atoms with Gasteiger partial charge in [-0.15, -0.1) is 0 Å².